The molecule has 1 aromatic heterocycles. The number of carbonyl (C=O) groups excluding carboxylic acids is 1. The van der Waals surface area contributed by atoms with E-state index in [0.29, 0.717) is 24.1 Å². The molecule has 1 aromatic carbocycles. The third-order valence-electron chi connectivity index (χ3n) is 4.80. The lowest BCUT2D eigenvalue weighted by Gasteiger charge is -2.33. The fourth-order valence-electron chi connectivity index (χ4n) is 3.42. The monoisotopic (exact) mass is 357 g/mol. The van der Waals surface area contributed by atoms with E-state index in [9.17, 15) is 4.79 Å². The van der Waals surface area contributed by atoms with Gasteiger partial charge in [-0.1, -0.05) is 6.07 Å². The van der Waals surface area contributed by atoms with Gasteiger partial charge in [-0.15, -0.1) is 0 Å². The Bertz CT molecular complexity index is 741. The zero-order valence-corrected chi connectivity index (χ0v) is 15.7. The Kier molecular flexibility index (Phi) is 5.81. The van der Waals surface area contributed by atoms with Crippen LogP contribution in [0.5, 0.6) is 11.5 Å². The first-order valence-corrected chi connectivity index (χ1v) is 9.16. The van der Waals surface area contributed by atoms with Crippen molar-refractivity contribution in [1.29, 1.82) is 0 Å². The van der Waals surface area contributed by atoms with Gasteiger partial charge >= 0.3 is 0 Å². The molecule has 26 heavy (non-hydrogen) atoms. The van der Waals surface area contributed by atoms with Gasteiger partial charge in [-0.05, 0) is 38.8 Å². The van der Waals surface area contributed by atoms with Crippen molar-refractivity contribution < 1.29 is 14.3 Å². The summed E-state index contributed by atoms with van der Waals surface area (Å²) in [5.74, 6) is 2.73. The number of carbonyl (C=O) groups is 1. The Morgan fingerprint density at radius 2 is 2.15 bits per heavy atom. The molecule has 0 unspecified atom stereocenters. The molecule has 1 aliphatic rings. The van der Waals surface area contributed by atoms with E-state index in [0.717, 1.165) is 25.2 Å². The molecule has 6 nitrogen and oxygen atoms in total. The van der Waals surface area contributed by atoms with Crippen molar-refractivity contribution in [2.24, 2.45) is 0 Å². The average molecular weight is 357 g/mol. The molecule has 1 saturated heterocycles. The minimum Gasteiger partial charge on any atom is -0.497 e. The van der Waals surface area contributed by atoms with Crippen LogP contribution in [-0.2, 0) is 4.79 Å². The van der Waals surface area contributed by atoms with Crippen molar-refractivity contribution in [2.45, 2.75) is 38.6 Å². The smallest absolute Gasteiger partial charge is 0.260 e. The molecule has 2 heterocycles. The maximum Gasteiger partial charge on any atom is 0.260 e. The molecule has 1 fully saturated rings. The third kappa shape index (κ3) is 4.18. The fourth-order valence-corrected chi connectivity index (χ4v) is 3.42. The van der Waals surface area contributed by atoms with Crippen LogP contribution in [0.4, 0.5) is 0 Å². The summed E-state index contributed by atoms with van der Waals surface area (Å²) in [4.78, 5) is 19.0. The molecule has 1 aliphatic heterocycles. The summed E-state index contributed by atoms with van der Waals surface area (Å²) in [6.45, 7) is 5.82. The van der Waals surface area contributed by atoms with Gasteiger partial charge < -0.3 is 18.9 Å². The number of hydrogen-bond acceptors (Lipinski definition) is 4. The molecular formula is C20H27N3O3. The lowest BCUT2D eigenvalue weighted by atomic mass is 9.97. The van der Waals surface area contributed by atoms with E-state index < -0.39 is 0 Å². The molecule has 0 radical (unpaired) electrons. The van der Waals surface area contributed by atoms with Crippen LogP contribution in [0.25, 0.3) is 0 Å². The van der Waals surface area contributed by atoms with Crippen molar-refractivity contribution in [3.8, 4) is 11.5 Å². The molecule has 0 spiro atoms. The van der Waals surface area contributed by atoms with Crippen LogP contribution in [-0.4, -0.2) is 47.2 Å². The van der Waals surface area contributed by atoms with E-state index >= 15 is 0 Å². The Balaban J connectivity index is 1.60. The fraction of sp³-hybridized carbons (Fsp3) is 0.500. The number of aromatic nitrogens is 2. The lowest BCUT2D eigenvalue weighted by Crippen LogP contribution is -2.42. The number of nitrogens with zero attached hydrogens (tertiary/aromatic N) is 3. The second kappa shape index (κ2) is 8.25. The van der Waals surface area contributed by atoms with Gasteiger partial charge in [0.05, 0.1) is 7.11 Å². The normalized spacial score (nSPS) is 17.4. The minimum absolute atomic E-state index is 0.0140. The third-order valence-corrected chi connectivity index (χ3v) is 4.80. The number of hydrogen-bond donors (Lipinski definition) is 0. The van der Waals surface area contributed by atoms with E-state index in [2.05, 4.69) is 23.4 Å². The molecule has 140 valence electrons. The van der Waals surface area contributed by atoms with Crippen molar-refractivity contribution in [3.05, 3.63) is 42.5 Å². The van der Waals surface area contributed by atoms with E-state index in [4.69, 9.17) is 9.47 Å². The number of methoxy groups -OCH3 is 1. The second-order valence-corrected chi connectivity index (χ2v) is 6.93. The summed E-state index contributed by atoms with van der Waals surface area (Å²) < 4.78 is 13.0. The van der Waals surface area contributed by atoms with Gasteiger partial charge in [0.1, 0.15) is 17.3 Å². The molecule has 1 atom stereocenters. The molecule has 0 N–H and O–H groups in total. The van der Waals surface area contributed by atoms with Crippen LogP contribution >= 0.6 is 0 Å². The van der Waals surface area contributed by atoms with Crippen molar-refractivity contribution in [3.63, 3.8) is 0 Å². The standard InChI is InChI=1S/C20H27N3O3/c1-15(2)23-11-9-21-20(23)16-6-5-10-22(13-16)19(24)14-26-18-8-4-7-17(12-18)25-3/h4,7-9,11-12,15-16H,5-6,10,13-14H2,1-3H3/t16-/m1/s1. The highest BCUT2D eigenvalue weighted by Gasteiger charge is 2.28. The summed E-state index contributed by atoms with van der Waals surface area (Å²) in [6, 6.07) is 7.68. The Morgan fingerprint density at radius 1 is 1.35 bits per heavy atom. The van der Waals surface area contributed by atoms with Gasteiger partial charge in [0.15, 0.2) is 6.61 Å². The number of piperidine rings is 1. The van der Waals surface area contributed by atoms with Gasteiger partial charge in [-0.2, -0.15) is 0 Å². The number of likely N-dealkylation sites (tertiary alicyclic amines) is 1. The van der Waals surface area contributed by atoms with Crippen LogP contribution in [0, 0.1) is 0 Å². The van der Waals surface area contributed by atoms with E-state index in [1.54, 1.807) is 13.2 Å². The van der Waals surface area contributed by atoms with E-state index in [1.807, 2.05) is 35.5 Å². The van der Waals surface area contributed by atoms with Crippen molar-refractivity contribution >= 4 is 5.91 Å². The van der Waals surface area contributed by atoms with Gasteiger partial charge in [0.25, 0.3) is 5.91 Å². The van der Waals surface area contributed by atoms with Crippen LogP contribution in [0.1, 0.15) is 44.5 Å². The predicted octanol–water partition coefficient (Wildman–Crippen LogP) is 3.26. The largest absolute Gasteiger partial charge is 0.497 e. The quantitative estimate of drug-likeness (QED) is 0.796. The number of ether oxygens (including phenoxy) is 2. The highest BCUT2D eigenvalue weighted by molar-refractivity contribution is 5.78. The zero-order valence-electron chi connectivity index (χ0n) is 15.7. The molecular weight excluding hydrogens is 330 g/mol. The van der Waals surface area contributed by atoms with E-state index in [1.165, 1.54) is 0 Å². The highest BCUT2D eigenvalue weighted by Crippen LogP contribution is 2.27. The predicted molar refractivity (Wildman–Crippen MR) is 99.7 cm³/mol. The highest BCUT2D eigenvalue weighted by atomic mass is 16.5. The lowest BCUT2D eigenvalue weighted by molar-refractivity contribution is -0.134. The van der Waals surface area contributed by atoms with Gasteiger partial charge in [0.2, 0.25) is 0 Å². The Labute approximate surface area is 154 Å². The SMILES string of the molecule is COc1cccc(OCC(=O)N2CCC[C@@H](c3nccn3C(C)C)C2)c1. The topological polar surface area (TPSA) is 56.6 Å². The molecule has 0 bridgehead atoms. The van der Waals surface area contributed by atoms with Gasteiger partial charge in [-0.25, -0.2) is 4.98 Å². The summed E-state index contributed by atoms with van der Waals surface area (Å²) in [7, 11) is 1.61. The van der Waals surface area contributed by atoms with Crippen molar-refractivity contribution in [2.75, 3.05) is 26.8 Å². The van der Waals surface area contributed by atoms with Gasteiger partial charge in [-0.3, -0.25) is 4.79 Å². The summed E-state index contributed by atoms with van der Waals surface area (Å²) in [5, 5.41) is 0. The minimum atomic E-state index is 0.0140. The molecule has 0 saturated carbocycles. The van der Waals surface area contributed by atoms with Crippen LogP contribution in [0.2, 0.25) is 0 Å². The molecule has 2 aromatic rings. The second-order valence-electron chi connectivity index (χ2n) is 6.93. The maximum absolute atomic E-state index is 12.6. The Hall–Kier alpha value is -2.50. The van der Waals surface area contributed by atoms with Gasteiger partial charge in [0, 0.05) is 43.5 Å². The van der Waals surface area contributed by atoms with Crippen LogP contribution in [0.15, 0.2) is 36.7 Å². The first kappa shape index (κ1) is 18.3. The number of benzene rings is 1. The number of amides is 1. The summed E-state index contributed by atoms with van der Waals surface area (Å²) >= 11 is 0. The first-order chi connectivity index (χ1) is 12.6. The first-order valence-electron chi connectivity index (χ1n) is 9.16. The number of rotatable bonds is 6. The summed E-state index contributed by atoms with van der Waals surface area (Å²) in [5.41, 5.74) is 0. The molecule has 6 heteroatoms. The van der Waals surface area contributed by atoms with Crippen LogP contribution < -0.4 is 9.47 Å². The van der Waals surface area contributed by atoms with E-state index in [-0.39, 0.29) is 18.4 Å². The molecule has 0 aliphatic carbocycles. The molecule has 1 amide bonds. The Morgan fingerprint density at radius 3 is 2.92 bits per heavy atom. The summed E-state index contributed by atoms with van der Waals surface area (Å²) in [6.07, 6.45) is 5.92. The molecule has 3 rings (SSSR count). The number of imidazole rings is 1. The van der Waals surface area contributed by atoms with Crippen LogP contribution in [0.3, 0.4) is 0 Å². The zero-order chi connectivity index (χ0) is 18.5. The van der Waals surface area contributed by atoms with Crippen molar-refractivity contribution in [1.82, 2.24) is 14.5 Å². The average Bonchev–Trinajstić information content (AvgIpc) is 3.16. The maximum atomic E-state index is 12.6.